The first-order chi connectivity index (χ1) is 7.38. The summed E-state index contributed by atoms with van der Waals surface area (Å²) < 4.78 is 35.0. The maximum absolute atomic E-state index is 12.9. The number of rotatable bonds is 4. The average molecular weight is 358 g/mol. The summed E-state index contributed by atoms with van der Waals surface area (Å²) in [6, 6.07) is 5.33. The van der Waals surface area contributed by atoms with Gasteiger partial charge in [-0.15, -0.1) is 0 Å². The highest BCUT2D eigenvalue weighted by Gasteiger charge is 2.29. The first kappa shape index (κ1) is 13.9. The van der Waals surface area contributed by atoms with E-state index in [4.69, 9.17) is 0 Å². The molecule has 0 fully saturated rings. The number of sulfone groups is 1. The first-order valence-corrected chi connectivity index (χ1v) is 7.63. The molecule has 3 nitrogen and oxygen atoms in total. The molecule has 0 aromatic heterocycles. The van der Waals surface area contributed by atoms with Gasteiger partial charge in [0.2, 0.25) is 0 Å². The fourth-order valence-electron chi connectivity index (χ4n) is 1.20. The van der Waals surface area contributed by atoms with Crippen molar-refractivity contribution in [2.24, 2.45) is 0 Å². The molecule has 6 heteroatoms. The van der Waals surface area contributed by atoms with Crippen LogP contribution < -0.4 is 0 Å². The molecule has 1 rings (SSSR count). The Bertz CT molecular complexity index is 461. The molecule has 2 atom stereocenters. The Morgan fingerprint density at radius 1 is 1.50 bits per heavy atom. The van der Waals surface area contributed by atoms with Crippen LogP contribution in [-0.4, -0.2) is 22.5 Å². The molecule has 1 aromatic rings. The largest absolute Gasteiger partial charge is 0.386 e. The molecule has 90 valence electrons. The summed E-state index contributed by atoms with van der Waals surface area (Å²) in [7, 11) is -3.34. The standard InChI is InChI=1S/C10H12FIO3S/c1-2-16(14,15)10(12)9(13)7-4-3-5-8(11)6-7/h3-6,9-10,13H,2H2,1H3/t9-,10-/m0/s1. The second kappa shape index (κ2) is 5.42. The minimum absolute atomic E-state index is 0.0486. The van der Waals surface area contributed by atoms with Crippen molar-refractivity contribution in [3.63, 3.8) is 0 Å². The van der Waals surface area contributed by atoms with Gasteiger partial charge in [-0.1, -0.05) is 41.6 Å². The lowest BCUT2D eigenvalue weighted by molar-refractivity contribution is 0.196. The molecule has 0 bridgehead atoms. The smallest absolute Gasteiger partial charge is 0.164 e. The fraction of sp³-hybridized carbons (Fsp3) is 0.400. The van der Waals surface area contributed by atoms with Crippen LogP contribution in [0, 0.1) is 5.82 Å². The van der Waals surface area contributed by atoms with Crippen LogP contribution in [0.2, 0.25) is 0 Å². The number of aliphatic hydroxyl groups excluding tert-OH is 1. The maximum atomic E-state index is 12.9. The van der Waals surface area contributed by atoms with Gasteiger partial charge in [0.1, 0.15) is 15.2 Å². The second-order valence-corrected chi connectivity index (χ2v) is 7.90. The SMILES string of the molecule is CCS(=O)(=O)[C@H](I)[C@@H](O)c1cccc(F)c1. The zero-order chi connectivity index (χ0) is 12.3. The monoisotopic (exact) mass is 358 g/mol. The molecule has 1 aromatic carbocycles. The van der Waals surface area contributed by atoms with Crippen LogP contribution in [0.1, 0.15) is 18.6 Å². The average Bonchev–Trinajstić information content (AvgIpc) is 2.27. The van der Waals surface area contributed by atoms with Crippen LogP contribution in [0.4, 0.5) is 4.39 Å². The summed E-state index contributed by atoms with van der Waals surface area (Å²) >= 11 is 1.67. The minimum Gasteiger partial charge on any atom is -0.386 e. The van der Waals surface area contributed by atoms with Crippen molar-refractivity contribution in [2.75, 3.05) is 5.75 Å². The number of alkyl halides is 1. The number of benzene rings is 1. The third kappa shape index (κ3) is 3.14. The molecule has 0 aliphatic rings. The lowest BCUT2D eigenvalue weighted by Crippen LogP contribution is -2.24. The van der Waals surface area contributed by atoms with E-state index in [-0.39, 0.29) is 11.3 Å². The Kier molecular flexibility index (Phi) is 4.69. The Hall–Kier alpha value is -0.210. The Labute approximate surface area is 108 Å². The van der Waals surface area contributed by atoms with Crippen molar-refractivity contribution in [3.8, 4) is 0 Å². The van der Waals surface area contributed by atoms with Crippen LogP contribution in [0.5, 0.6) is 0 Å². The molecule has 1 N–H and O–H groups in total. The number of hydrogen-bond acceptors (Lipinski definition) is 3. The number of halogens is 2. The topological polar surface area (TPSA) is 54.4 Å². The van der Waals surface area contributed by atoms with Crippen molar-refractivity contribution in [1.82, 2.24) is 0 Å². The van der Waals surface area contributed by atoms with E-state index in [1.807, 2.05) is 0 Å². The van der Waals surface area contributed by atoms with E-state index < -0.39 is 25.0 Å². The van der Waals surface area contributed by atoms with E-state index in [9.17, 15) is 17.9 Å². The quantitative estimate of drug-likeness (QED) is 0.662. The van der Waals surface area contributed by atoms with Gasteiger partial charge in [-0.2, -0.15) is 0 Å². The van der Waals surface area contributed by atoms with E-state index in [1.54, 1.807) is 22.6 Å². The summed E-state index contributed by atoms with van der Waals surface area (Å²) in [5.41, 5.74) is 0.274. The van der Waals surface area contributed by atoms with Crippen LogP contribution in [-0.2, 0) is 9.84 Å². The summed E-state index contributed by atoms with van der Waals surface area (Å²) in [6.45, 7) is 1.51. The Balaban J connectivity index is 2.99. The highest BCUT2D eigenvalue weighted by atomic mass is 127. The van der Waals surface area contributed by atoms with Gasteiger partial charge in [0.05, 0.1) is 0 Å². The highest BCUT2D eigenvalue weighted by molar-refractivity contribution is 14.1. The highest BCUT2D eigenvalue weighted by Crippen LogP contribution is 2.27. The molecular formula is C10H12FIO3S. The van der Waals surface area contributed by atoms with E-state index in [1.165, 1.54) is 25.1 Å². The zero-order valence-corrected chi connectivity index (χ0v) is 11.6. The molecule has 0 aliphatic heterocycles. The predicted octanol–water partition coefficient (Wildman–Crippen LogP) is 2.05. The van der Waals surface area contributed by atoms with Crippen LogP contribution in [0.15, 0.2) is 24.3 Å². The molecular weight excluding hydrogens is 346 g/mol. The van der Waals surface area contributed by atoms with Gasteiger partial charge in [0, 0.05) is 5.75 Å². The van der Waals surface area contributed by atoms with Crippen molar-refractivity contribution in [3.05, 3.63) is 35.6 Å². The van der Waals surface area contributed by atoms with Crippen molar-refractivity contribution in [2.45, 2.75) is 16.3 Å². The van der Waals surface area contributed by atoms with Gasteiger partial charge in [0.15, 0.2) is 9.84 Å². The summed E-state index contributed by atoms with van der Waals surface area (Å²) in [4.78, 5) is 0. The second-order valence-electron chi connectivity index (χ2n) is 3.30. The molecule has 0 saturated heterocycles. The maximum Gasteiger partial charge on any atom is 0.164 e. The van der Waals surface area contributed by atoms with Crippen LogP contribution in [0.25, 0.3) is 0 Å². The predicted molar refractivity (Wildman–Crippen MR) is 68.6 cm³/mol. The fourth-order valence-corrected chi connectivity index (χ4v) is 3.56. The number of hydrogen-bond donors (Lipinski definition) is 1. The third-order valence-corrected chi connectivity index (χ3v) is 6.94. The van der Waals surface area contributed by atoms with Crippen molar-refractivity contribution < 1.29 is 17.9 Å². The Morgan fingerprint density at radius 2 is 2.12 bits per heavy atom. The minimum atomic E-state index is -3.34. The third-order valence-electron chi connectivity index (χ3n) is 2.18. The van der Waals surface area contributed by atoms with Gasteiger partial charge in [-0.05, 0) is 17.7 Å². The van der Waals surface area contributed by atoms with Crippen LogP contribution in [0.3, 0.4) is 0 Å². The van der Waals surface area contributed by atoms with Gasteiger partial charge >= 0.3 is 0 Å². The molecule has 0 amide bonds. The molecule has 0 aliphatic carbocycles. The van der Waals surface area contributed by atoms with E-state index in [2.05, 4.69) is 0 Å². The molecule has 0 unspecified atom stereocenters. The number of aliphatic hydroxyl groups is 1. The normalized spacial score (nSPS) is 15.8. The molecule has 0 heterocycles. The summed E-state index contributed by atoms with van der Waals surface area (Å²) in [6.07, 6.45) is -1.21. The van der Waals surface area contributed by atoms with Gasteiger partial charge in [0.25, 0.3) is 0 Å². The molecule has 0 radical (unpaired) electrons. The van der Waals surface area contributed by atoms with Crippen molar-refractivity contribution in [1.29, 1.82) is 0 Å². The van der Waals surface area contributed by atoms with E-state index in [0.29, 0.717) is 0 Å². The zero-order valence-electron chi connectivity index (χ0n) is 8.60. The lowest BCUT2D eigenvalue weighted by atomic mass is 10.1. The van der Waals surface area contributed by atoms with Gasteiger partial charge in [-0.25, -0.2) is 12.8 Å². The van der Waals surface area contributed by atoms with Gasteiger partial charge in [-0.3, -0.25) is 0 Å². The van der Waals surface area contributed by atoms with E-state index >= 15 is 0 Å². The molecule has 0 spiro atoms. The lowest BCUT2D eigenvalue weighted by Gasteiger charge is -2.17. The van der Waals surface area contributed by atoms with E-state index in [0.717, 1.165) is 6.07 Å². The van der Waals surface area contributed by atoms with Crippen molar-refractivity contribution >= 4 is 32.4 Å². The summed E-state index contributed by atoms with van der Waals surface area (Å²) in [5, 5.41) is 9.83. The van der Waals surface area contributed by atoms with Crippen LogP contribution >= 0.6 is 22.6 Å². The molecule has 0 saturated carbocycles. The Morgan fingerprint density at radius 3 is 2.62 bits per heavy atom. The summed E-state index contributed by atoms with van der Waals surface area (Å²) in [5.74, 6) is -0.540. The first-order valence-electron chi connectivity index (χ1n) is 4.67. The molecule has 16 heavy (non-hydrogen) atoms. The van der Waals surface area contributed by atoms with Gasteiger partial charge < -0.3 is 5.11 Å².